The van der Waals surface area contributed by atoms with Crippen molar-refractivity contribution in [1.29, 1.82) is 0 Å². The number of hydrogen-bond donors (Lipinski definition) is 2. The van der Waals surface area contributed by atoms with Crippen molar-refractivity contribution in [2.75, 3.05) is 11.9 Å². The van der Waals surface area contributed by atoms with Gasteiger partial charge in [0.15, 0.2) is 0 Å². The van der Waals surface area contributed by atoms with Crippen molar-refractivity contribution in [2.24, 2.45) is 17.8 Å². The van der Waals surface area contributed by atoms with Crippen LogP contribution in [0.2, 0.25) is 0 Å². The number of rotatable bonds is 1. The van der Waals surface area contributed by atoms with E-state index < -0.39 is 0 Å². The summed E-state index contributed by atoms with van der Waals surface area (Å²) in [5, 5.41) is 22.6. The Balaban J connectivity index is 1.60. The Labute approximate surface area is 143 Å². The van der Waals surface area contributed by atoms with Gasteiger partial charge in [-0.2, -0.15) is 0 Å². The zero-order valence-corrected chi connectivity index (χ0v) is 14.3. The number of anilines is 1. The molecule has 3 unspecified atom stereocenters. The molecule has 0 amide bonds. The van der Waals surface area contributed by atoms with Crippen LogP contribution >= 0.6 is 0 Å². The first-order valence-corrected chi connectivity index (χ1v) is 9.57. The first kappa shape index (κ1) is 14.1. The molecule has 1 saturated carbocycles. The summed E-state index contributed by atoms with van der Waals surface area (Å²) >= 11 is 0. The van der Waals surface area contributed by atoms with Crippen LogP contribution in [0.5, 0.6) is 0 Å². The Morgan fingerprint density at radius 1 is 1.21 bits per heavy atom. The van der Waals surface area contributed by atoms with Crippen LogP contribution in [0.25, 0.3) is 0 Å². The molecule has 4 nitrogen and oxygen atoms in total. The van der Waals surface area contributed by atoms with E-state index in [4.69, 9.17) is 0 Å². The molecule has 4 heteroatoms. The van der Waals surface area contributed by atoms with Crippen LogP contribution in [-0.2, 0) is 5.41 Å². The predicted molar refractivity (Wildman–Crippen MR) is 91.7 cm³/mol. The van der Waals surface area contributed by atoms with Gasteiger partial charge in [0.2, 0.25) is 0 Å². The number of aliphatic hydroxyl groups is 2. The van der Waals surface area contributed by atoms with Crippen molar-refractivity contribution in [3.8, 4) is 0 Å². The Morgan fingerprint density at radius 2 is 2.00 bits per heavy atom. The van der Waals surface area contributed by atoms with E-state index >= 15 is 0 Å². The van der Waals surface area contributed by atoms with Gasteiger partial charge in [-0.3, -0.25) is 4.90 Å². The van der Waals surface area contributed by atoms with E-state index in [1.54, 1.807) is 0 Å². The molecular formula is C20H26N2O2. The van der Waals surface area contributed by atoms with E-state index in [1.807, 2.05) is 0 Å². The molecule has 4 saturated heterocycles. The fourth-order valence-corrected chi connectivity index (χ4v) is 7.88. The van der Waals surface area contributed by atoms with Crippen LogP contribution in [0.4, 0.5) is 5.69 Å². The Kier molecular flexibility index (Phi) is 2.45. The third-order valence-corrected chi connectivity index (χ3v) is 8.46. The van der Waals surface area contributed by atoms with E-state index in [-0.39, 0.29) is 17.7 Å². The van der Waals surface area contributed by atoms with Crippen molar-refractivity contribution >= 4 is 5.69 Å². The molecule has 1 aromatic rings. The molecule has 5 bridgehead atoms. The van der Waals surface area contributed by atoms with Crippen molar-refractivity contribution in [1.82, 2.24) is 4.90 Å². The van der Waals surface area contributed by atoms with Crippen LogP contribution in [0.1, 0.15) is 31.7 Å². The quantitative estimate of drug-likeness (QED) is 0.822. The molecule has 6 aliphatic rings. The minimum Gasteiger partial charge on any atom is -0.392 e. The predicted octanol–water partition coefficient (Wildman–Crippen LogP) is 1.55. The van der Waals surface area contributed by atoms with Crippen LogP contribution in [0.3, 0.4) is 0 Å². The monoisotopic (exact) mass is 326 g/mol. The Bertz CT molecular complexity index is 723. The molecular weight excluding hydrogens is 300 g/mol. The summed E-state index contributed by atoms with van der Waals surface area (Å²) in [6.45, 7) is 2.19. The van der Waals surface area contributed by atoms with E-state index in [2.05, 4.69) is 48.0 Å². The standard InChI is InChI=1S/C20H26N2O2/c1-3-10-11-8-14-17-20(12-6-4-5-7-13(12)21(17)2)9-15(16(11)18(20)23)22(14)19(10)24/h4-7,10-11,14-19,23-24H,3,8-9H2,1-2H3/t10-,11-,14-,15-,16?,17-,18?,19-,20+/m1/s1. The van der Waals surface area contributed by atoms with Gasteiger partial charge in [-0.15, -0.1) is 0 Å². The lowest BCUT2D eigenvalue weighted by molar-refractivity contribution is -0.211. The fourth-order valence-electron chi connectivity index (χ4n) is 7.88. The maximum Gasteiger partial charge on any atom is 0.111 e. The number of likely N-dealkylation sites (N-methyl/N-ethyl adjacent to an activating group) is 1. The van der Waals surface area contributed by atoms with E-state index in [0.29, 0.717) is 35.9 Å². The average Bonchev–Trinajstić information content (AvgIpc) is 2.97. The second-order valence-electron chi connectivity index (χ2n) is 8.81. The molecule has 0 radical (unpaired) electrons. The number of benzene rings is 1. The summed E-state index contributed by atoms with van der Waals surface area (Å²) in [6.07, 6.45) is 2.56. The maximum atomic E-state index is 11.6. The van der Waals surface area contributed by atoms with E-state index in [9.17, 15) is 10.2 Å². The van der Waals surface area contributed by atoms with Crippen molar-refractivity contribution < 1.29 is 10.2 Å². The van der Waals surface area contributed by atoms with Crippen molar-refractivity contribution in [2.45, 2.75) is 62.1 Å². The van der Waals surface area contributed by atoms with Crippen molar-refractivity contribution in [3.63, 3.8) is 0 Å². The number of fused-ring (bicyclic) bond motifs is 2. The summed E-state index contributed by atoms with van der Waals surface area (Å²) in [6, 6.07) is 9.70. The molecule has 2 N–H and O–H groups in total. The first-order chi connectivity index (χ1) is 11.6. The summed E-state index contributed by atoms with van der Waals surface area (Å²) in [5.41, 5.74) is 2.51. The number of piperidine rings is 4. The lowest BCUT2D eigenvalue weighted by Crippen LogP contribution is -2.72. The summed E-state index contributed by atoms with van der Waals surface area (Å²) in [4.78, 5) is 4.83. The van der Waals surface area contributed by atoms with Crippen LogP contribution in [0, 0.1) is 17.8 Å². The smallest absolute Gasteiger partial charge is 0.111 e. The number of nitrogens with zero attached hydrogens (tertiary/aromatic N) is 2. The molecule has 128 valence electrons. The molecule has 5 aliphatic heterocycles. The maximum absolute atomic E-state index is 11.6. The zero-order chi connectivity index (χ0) is 16.4. The normalized spacial score (nSPS) is 55.8. The summed E-state index contributed by atoms with van der Waals surface area (Å²) < 4.78 is 0. The first-order valence-electron chi connectivity index (χ1n) is 9.57. The lowest BCUT2D eigenvalue weighted by Gasteiger charge is -2.62. The molecule has 1 aromatic carbocycles. The topological polar surface area (TPSA) is 46.9 Å². The van der Waals surface area contributed by atoms with Crippen LogP contribution < -0.4 is 4.90 Å². The van der Waals surface area contributed by atoms with Gasteiger partial charge >= 0.3 is 0 Å². The highest BCUT2D eigenvalue weighted by Crippen LogP contribution is 2.68. The van der Waals surface area contributed by atoms with Crippen LogP contribution in [-0.4, -0.2) is 52.6 Å². The highest BCUT2D eigenvalue weighted by molar-refractivity contribution is 5.67. The van der Waals surface area contributed by atoms with E-state index in [1.165, 1.54) is 11.3 Å². The molecule has 7 rings (SSSR count). The minimum absolute atomic E-state index is 0.126. The van der Waals surface area contributed by atoms with Gasteiger partial charge in [0.25, 0.3) is 0 Å². The summed E-state index contributed by atoms with van der Waals surface area (Å²) in [5.74, 6) is 1.14. The minimum atomic E-state index is -0.319. The second-order valence-corrected chi connectivity index (χ2v) is 8.81. The zero-order valence-electron chi connectivity index (χ0n) is 14.3. The highest BCUT2D eigenvalue weighted by Gasteiger charge is 2.76. The van der Waals surface area contributed by atoms with Gasteiger partial charge in [0.05, 0.1) is 12.1 Å². The van der Waals surface area contributed by atoms with Crippen LogP contribution in [0.15, 0.2) is 24.3 Å². The molecule has 1 aliphatic carbocycles. The van der Waals surface area contributed by atoms with Gasteiger partial charge in [-0.1, -0.05) is 25.1 Å². The second kappa shape index (κ2) is 4.17. The Morgan fingerprint density at radius 3 is 2.79 bits per heavy atom. The largest absolute Gasteiger partial charge is 0.392 e. The van der Waals surface area contributed by atoms with Gasteiger partial charge in [0, 0.05) is 42.1 Å². The Hall–Kier alpha value is -1.10. The number of para-hydroxylation sites is 1. The summed E-state index contributed by atoms with van der Waals surface area (Å²) in [7, 11) is 2.19. The number of hydrogen-bond acceptors (Lipinski definition) is 4. The fraction of sp³-hybridized carbons (Fsp3) is 0.700. The molecule has 24 heavy (non-hydrogen) atoms. The van der Waals surface area contributed by atoms with Gasteiger partial charge in [0.1, 0.15) is 6.23 Å². The molecule has 5 fully saturated rings. The SMILES string of the molecule is CC[C@H]1[C@@H](O)N2[C@@H]3C[C@]45c6ccccc6N(C)[C@@H]4[C@H]2C[C@H]1C3C5O. The van der Waals surface area contributed by atoms with Gasteiger partial charge in [-0.05, 0) is 36.8 Å². The molecule has 5 heterocycles. The highest BCUT2D eigenvalue weighted by atomic mass is 16.3. The molecule has 10 atom stereocenters. The molecule has 1 spiro atoms. The third kappa shape index (κ3) is 1.20. The van der Waals surface area contributed by atoms with Gasteiger partial charge < -0.3 is 15.1 Å². The van der Waals surface area contributed by atoms with Crippen molar-refractivity contribution in [3.05, 3.63) is 29.8 Å². The lowest BCUT2D eigenvalue weighted by atomic mass is 9.62. The third-order valence-electron chi connectivity index (χ3n) is 8.46. The number of aliphatic hydroxyl groups excluding tert-OH is 2. The molecule has 0 aromatic heterocycles. The average molecular weight is 326 g/mol. The van der Waals surface area contributed by atoms with Gasteiger partial charge in [-0.25, -0.2) is 0 Å². The van der Waals surface area contributed by atoms with E-state index in [0.717, 1.165) is 19.3 Å².